The van der Waals surface area contributed by atoms with Crippen molar-refractivity contribution in [3.63, 3.8) is 0 Å². The highest BCUT2D eigenvalue weighted by atomic mass is 16.1. The molecule has 5 N–H and O–H groups in total. The number of hydrogen-bond acceptors (Lipinski definition) is 11. The first kappa shape index (κ1) is 36.9. The van der Waals surface area contributed by atoms with Gasteiger partial charge in [-0.25, -0.2) is 19.9 Å². The second-order valence-electron chi connectivity index (χ2n) is 13.4. The highest BCUT2D eigenvalue weighted by molar-refractivity contribution is 6.04. The molecule has 0 aliphatic rings. The van der Waals surface area contributed by atoms with E-state index in [0.29, 0.717) is 40.2 Å². The standard InChI is InChI=1S/C25H21N7O.C19H18N6/c1-17(18-5-3-2-4-6-18)29-23-14-27-15-24(31-23)32-16-28-21-13-20(7-8-22(21)32)30-25(33)19-9-11-26-12-10-19;1-13(14-5-3-2-4-6-14)23-18-10-21-11-19(24-18)25-12-22-16-9-15(20)7-8-17(16)25/h2-17H,1H3,(H,29,31)(H,30,33);2-13H,20H2,1H3,(H,23,24)/t17-;13-/m00/s1. The molecule has 286 valence electrons. The maximum Gasteiger partial charge on any atom is 0.255 e. The number of nitrogen functional groups attached to an aromatic ring is 1. The zero-order chi connectivity index (χ0) is 39.8. The van der Waals surface area contributed by atoms with Crippen LogP contribution in [-0.2, 0) is 0 Å². The number of anilines is 4. The number of fused-ring (bicyclic) bond motifs is 2. The van der Waals surface area contributed by atoms with Crippen LogP contribution < -0.4 is 21.7 Å². The normalized spacial score (nSPS) is 12.0. The number of hydrogen-bond donors (Lipinski definition) is 4. The van der Waals surface area contributed by atoms with E-state index in [-0.39, 0.29) is 18.0 Å². The number of pyridine rings is 1. The van der Waals surface area contributed by atoms with Crippen LogP contribution in [0.4, 0.5) is 23.0 Å². The zero-order valence-electron chi connectivity index (χ0n) is 31.7. The first-order chi connectivity index (χ1) is 28.4. The van der Waals surface area contributed by atoms with Crippen molar-refractivity contribution in [2.45, 2.75) is 25.9 Å². The summed E-state index contributed by atoms with van der Waals surface area (Å²) < 4.78 is 3.77. The first-order valence-electron chi connectivity index (χ1n) is 18.6. The Morgan fingerprint density at radius 2 is 1.12 bits per heavy atom. The number of carbonyl (C=O) groups excluding carboxylic acids is 1. The van der Waals surface area contributed by atoms with Crippen LogP contribution in [0.3, 0.4) is 0 Å². The Morgan fingerprint density at radius 3 is 1.67 bits per heavy atom. The molecule has 14 nitrogen and oxygen atoms in total. The van der Waals surface area contributed by atoms with E-state index in [9.17, 15) is 4.79 Å². The SMILES string of the molecule is C[C@H](Nc1cncc(-n2cnc3cc(N)ccc32)n1)c1ccccc1.C[C@H](Nc1cncc(-n2cnc3cc(NC(=O)c4ccncc4)ccc32)n1)c1ccccc1. The Labute approximate surface area is 333 Å². The van der Waals surface area contributed by atoms with Crippen LogP contribution in [0.15, 0.2) is 159 Å². The molecule has 1 amide bonds. The molecule has 0 fully saturated rings. The van der Waals surface area contributed by atoms with Crippen LogP contribution in [0.5, 0.6) is 0 Å². The van der Waals surface area contributed by atoms with Crippen LogP contribution >= 0.6 is 0 Å². The number of nitrogens with zero attached hydrogens (tertiary/aromatic N) is 9. The Kier molecular flexibility index (Phi) is 10.7. The summed E-state index contributed by atoms with van der Waals surface area (Å²) in [7, 11) is 0. The summed E-state index contributed by atoms with van der Waals surface area (Å²) >= 11 is 0. The van der Waals surface area contributed by atoms with Gasteiger partial charge >= 0.3 is 0 Å². The van der Waals surface area contributed by atoms with Gasteiger partial charge in [0.2, 0.25) is 0 Å². The molecule has 5 aromatic heterocycles. The van der Waals surface area contributed by atoms with Crippen LogP contribution in [-0.4, -0.2) is 49.9 Å². The van der Waals surface area contributed by atoms with E-state index < -0.39 is 0 Å². The predicted molar refractivity (Wildman–Crippen MR) is 227 cm³/mol. The fourth-order valence-corrected chi connectivity index (χ4v) is 6.37. The Bertz CT molecular complexity index is 2790. The monoisotopic (exact) mass is 765 g/mol. The van der Waals surface area contributed by atoms with Gasteiger partial charge in [-0.15, -0.1) is 0 Å². The number of carbonyl (C=O) groups is 1. The topological polar surface area (TPSA) is 179 Å². The van der Waals surface area contributed by atoms with Crippen molar-refractivity contribution in [1.82, 2.24) is 44.0 Å². The number of nitrogens with one attached hydrogen (secondary N) is 3. The molecular formula is C44H39N13O. The van der Waals surface area contributed by atoms with Gasteiger partial charge in [-0.1, -0.05) is 60.7 Å². The average Bonchev–Trinajstić information content (AvgIpc) is 3.89. The minimum atomic E-state index is -0.201. The predicted octanol–water partition coefficient (Wildman–Crippen LogP) is 8.21. The summed E-state index contributed by atoms with van der Waals surface area (Å²) in [5, 5.41) is 9.68. The number of imidazole rings is 2. The molecule has 5 heterocycles. The summed E-state index contributed by atoms with van der Waals surface area (Å²) in [5.41, 5.74) is 13.4. The van der Waals surface area contributed by atoms with E-state index in [4.69, 9.17) is 10.7 Å². The molecule has 9 aromatic rings. The molecule has 0 aliphatic heterocycles. The van der Waals surface area contributed by atoms with Crippen LogP contribution in [0.2, 0.25) is 0 Å². The molecular weight excluding hydrogens is 727 g/mol. The lowest BCUT2D eigenvalue weighted by Gasteiger charge is -2.15. The van der Waals surface area contributed by atoms with Crippen LogP contribution in [0.1, 0.15) is 47.4 Å². The maximum absolute atomic E-state index is 12.4. The van der Waals surface area contributed by atoms with Crippen molar-refractivity contribution < 1.29 is 4.79 Å². The Morgan fingerprint density at radius 1 is 0.603 bits per heavy atom. The van der Waals surface area contributed by atoms with E-state index >= 15 is 0 Å². The summed E-state index contributed by atoms with van der Waals surface area (Å²) in [6.45, 7) is 4.18. The number of benzene rings is 4. The van der Waals surface area contributed by atoms with Crippen molar-refractivity contribution in [3.8, 4) is 11.6 Å². The number of amides is 1. The third-order valence-corrected chi connectivity index (χ3v) is 9.38. The van der Waals surface area contributed by atoms with Gasteiger partial charge in [-0.2, -0.15) is 0 Å². The van der Waals surface area contributed by atoms with Gasteiger partial charge < -0.3 is 21.7 Å². The third kappa shape index (κ3) is 8.45. The fourth-order valence-electron chi connectivity index (χ4n) is 6.37. The molecule has 0 radical (unpaired) electrons. The van der Waals surface area contributed by atoms with Gasteiger partial charge in [0, 0.05) is 41.4 Å². The molecule has 0 saturated carbocycles. The second kappa shape index (κ2) is 16.8. The highest BCUT2D eigenvalue weighted by Gasteiger charge is 2.13. The van der Waals surface area contributed by atoms with Gasteiger partial charge in [0.25, 0.3) is 5.91 Å². The second-order valence-corrected chi connectivity index (χ2v) is 13.4. The molecule has 0 saturated heterocycles. The van der Waals surface area contributed by atoms with Crippen LogP contribution in [0, 0.1) is 0 Å². The summed E-state index contributed by atoms with van der Waals surface area (Å²) in [4.78, 5) is 43.3. The number of nitrogens with two attached hydrogens (primary N) is 1. The van der Waals surface area contributed by atoms with Crippen molar-refractivity contribution >= 4 is 51.0 Å². The van der Waals surface area contributed by atoms with Crippen molar-refractivity contribution in [1.29, 1.82) is 0 Å². The minimum absolute atomic E-state index is 0.0850. The molecule has 58 heavy (non-hydrogen) atoms. The summed E-state index contributed by atoms with van der Waals surface area (Å²) in [6.07, 6.45) is 13.4. The molecule has 0 bridgehead atoms. The van der Waals surface area contributed by atoms with E-state index in [1.54, 1.807) is 62.0 Å². The molecule has 0 spiro atoms. The molecule has 4 aromatic carbocycles. The molecule has 0 unspecified atom stereocenters. The first-order valence-corrected chi connectivity index (χ1v) is 18.6. The largest absolute Gasteiger partial charge is 0.399 e. The average molecular weight is 766 g/mol. The fraction of sp³-hybridized carbons (Fsp3) is 0.0909. The molecule has 14 heteroatoms. The van der Waals surface area contributed by atoms with Crippen molar-refractivity contribution in [3.05, 3.63) is 176 Å². The highest BCUT2D eigenvalue weighted by Crippen LogP contribution is 2.24. The molecule has 0 aliphatic carbocycles. The van der Waals surface area contributed by atoms with Gasteiger partial charge in [0.05, 0.1) is 46.9 Å². The van der Waals surface area contributed by atoms with Crippen molar-refractivity contribution in [2.24, 2.45) is 0 Å². The summed E-state index contributed by atoms with van der Waals surface area (Å²) in [6, 6.07) is 35.2. The van der Waals surface area contributed by atoms with E-state index in [2.05, 4.69) is 84.0 Å². The lowest BCUT2D eigenvalue weighted by atomic mass is 10.1. The minimum Gasteiger partial charge on any atom is -0.399 e. The third-order valence-electron chi connectivity index (χ3n) is 9.38. The Hall–Kier alpha value is -8.00. The van der Waals surface area contributed by atoms with E-state index in [1.165, 1.54) is 11.1 Å². The van der Waals surface area contributed by atoms with Crippen molar-refractivity contribution in [2.75, 3.05) is 21.7 Å². The summed E-state index contributed by atoms with van der Waals surface area (Å²) in [5.74, 6) is 2.54. The van der Waals surface area contributed by atoms with E-state index in [0.717, 1.165) is 22.1 Å². The lowest BCUT2D eigenvalue weighted by Crippen LogP contribution is -2.11. The lowest BCUT2D eigenvalue weighted by molar-refractivity contribution is 0.102. The van der Waals surface area contributed by atoms with Gasteiger partial charge in [0.1, 0.15) is 24.3 Å². The number of rotatable bonds is 10. The molecule has 9 rings (SSSR count). The molecule has 2 atom stereocenters. The number of aromatic nitrogens is 9. The maximum atomic E-state index is 12.4. The van der Waals surface area contributed by atoms with Gasteiger partial charge in [0.15, 0.2) is 11.6 Å². The van der Waals surface area contributed by atoms with Crippen LogP contribution in [0.25, 0.3) is 33.7 Å². The van der Waals surface area contributed by atoms with E-state index in [1.807, 2.05) is 81.9 Å². The quantitative estimate of drug-likeness (QED) is 0.0986. The van der Waals surface area contributed by atoms with Gasteiger partial charge in [-0.05, 0) is 73.5 Å². The smallest absolute Gasteiger partial charge is 0.255 e. The van der Waals surface area contributed by atoms with Gasteiger partial charge in [-0.3, -0.25) is 28.9 Å². The zero-order valence-corrected chi connectivity index (χ0v) is 31.7. The Balaban J connectivity index is 0.000000168.